The second-order valence-electron chi connectivity index (χ2n) is 9.11. The van der Waals surface area contributed by atoms with E-state index in [2.05, 4.69) is 10.2 Å². The molecule has 0 bridgehead atoms. The monoisotopic (exact) mass is 479 g/mol. The zero-order valence-corrected chi connectivity index (χ0v) is 19.3. The number of ether oxygens (including phenoxy) is 1. The van der Waals surface area contributed by atoms with Gasteiger partial charge in [-0.2, -0.15) is 0 Å². The molecule has 3 aliphatic rings. The quantitative estimate of drug-likeness (QED) is 0.536. The fourth-order valence-corrected chi connectivity index (χ4v) is 5.55. The van der Waals surface area contributed by atoms with Crippen LogP contribution in [0, 0.1) is 17.2 Å². The standard InChI is InChI=1S/C23H32FN3O4.CH2O2/c24-19-3-1-17(2-4-19)14-25-22(30)23-7-5-20(26-9-11-31-12-10-26)13-18(23)6-8-27(16-23)21(29)15-28;2-1-3/h1-4,18,20,28H,5-16H2,(H,25,30);1H,(H,2,3)/t18-,20+,23-;/m1./s1. The van der Waals surface area contributed by atoms with Crippen molar-refractivity contribution in [3.63, 3.8) is 0 Å². The van der Waals surface area contributed by atoms with E-state index >= 15 is 0 Å². The molecule has 1 aromatic carbocycles. The molecule has 1 aromatic rings. The number of rotatable bonds is 5. The average Bonchev–Trinajstić information content (AvgIpc) is 2.88. The summed E-state index contributed by atoms with van der Waals surface area (Å²) < 4.78 is 18.7. The summed E-state index contributed by atoms with van der Waals surface area (Å²) in [6.07, 6.45) is 3.31. The number of likely N-dealkylation sites (tertiary alicyclic amines) is 1. The number of nitrogens with zero attached hydrogens (tertiary/aromatic N) is 2. The summed E-state index contributed by atoms with van der Waals surface area (Å²) in [4.78, 5) is 38.2. The molecule has 1 aliphatic carbocycles. The van der Waals surface area contributed by atoms with Crippen LogP contribution in [0.4, 0.5) is 4.39 Å². The molecule has 0 radical (unpaired) electrons. The van der Waals surface area contributed by atoms with Crippen molar-refractivity contribution in [1.82, 2.24) is 15.1 Å². The summed E-state index contributed by atoms with van der Waals surface area (Å²) in [7, 11) is 0. The molecule has 2 saturated heterocycles. The minimum absolute atomic E-state index is 0.0438. The molecule has 0 aromatic heterocycles. The molecule has 0 unspecified atom stereocenters. The zero-order chi connectivity index (χ0) is 24.6. The van der Waals surface area contributed by atoms with Crippen LogP contribution >= 0.6 is 0 Å². The number of aliphatic hydroxyl groups excluding tert-OH is 1. The number of carboxylic acid groups (broad SMARTS) is 1. The van der Waals surface area contributed by atoms with E-state index in [1.54, 1.807) is 17.0 Å². The Labute approximate surface area is 198 Å². The van der Waals surface area contributed by atoms with Crippen LogP contribution in [0.2, 0.25) is 0 Å². The third kappa shape index (κ3) is 6.11. The van der Waals surface area contributed by atoms with Gasteiger partial charge in [-0.1, -0.05) is 12.1 Å². The van der Waals surface area contributed by atoms with E-state index < -0.39 is 12.0 Å². The molecule has 10 heteroatoms. The lowest BCUT2D eigenvalue weighted by molar-refractivity contribution is -0.152. The molecular formula is C24H34FN3O6. The first kappa shape index (κ1) is 26.1. The third-order valence-electron chi connectivity index (χ3n) is 7.35. The molecule has 188 valence electrons. The number of halogens is 1. The fraction of sp³-hybridized carbons (Fsp3) is 0.625. The lowest BCUT2D eigenvalue weighted by Crippen LogP contribution is -2.61. The van der Waals surface area contributed by atoms with Crippen molar-refractivity contribution >= 4 is 18.3 Å². The fourth-order valence-electron chi connectivity index (χ4n) is 5.55. The van der Waals surface area contributed by atoms with Crippen molar-refractivity contribution in [3.8, 4) is 0 Å². The van der Waals surface area contributed by atoms with Crippen LogP contribution in [0.15, 0.2) is 24.3 Å². The normalized spacial score (nSPS) is 27.1. The Morgan fingerprint density at radius 3 is 2.50 bits per heavy atom. The number of carbonyl (C=O) groups is 3. The molecule has 3 fully saturated rings. The first-order valence-corrected chi connectivity index (χ1v) is 11.7. The highest BCUT2D eigenvalue weighted by Crippen LogP contribution is 2.48. The molecule has 1 saturated carbocycles. The summed E-state index contributed by atoms with van der Waals surface area (Å²) in [6.45, 7) is 3.83. The largest absolute Gasteiger partial charge is 0.483 e. The van der Waals surface area contributed by atoms with Crippen molar-refractivity contribution in [2.24, 2.45) is 11.3 Å². The Balaban J connectivity index is 0.00000103. The number of morpholine rings is 1. The van der Waals surface area contributed by atoms with Crippen molar-refractivity contribution < 1.29 is 33.7 Å². The van der Waals surface area contributed by atoms with Gasteiger partial charge >= 0.3 is 0 Å². The first-order chi connectivity index (χ1) is 16.4. The number of amides is 2. The van der Waals surface area contributed by atoms with Crippen LogP contribution in [0.25, 0.3) is 0 Å². The first-order valence-electron chi connectivity index (χ1n) is 11.7. The van der Waals surface area contributed by atoms with Gasteiger partial charge < -0.3 is 25.2 Å². The van der Waals surface area contributed by atoms with Gasteiger partial charge in [0.2, 0.25) is 11.8 Å². The van der Waals surface area contributed by atoms with Gasteiger partial charge in [-0.05, 0) is 49.3 Å². The third-order valence-corrected chi connectivity index (χ3v) is 7.35. The molecule has 0 spiro atoms. The van der Waals surface area contributed by atoms with Crippen molar-refractivity contribution in [2.45, 2.75) is 38.3 Å². The molecule has 34 heavy (non-hydrogen) atoms. The van der Waals surface area contributed by atoms with Crippen LogP contribution in [0.1, 0.15) is 31.2 Å². The van der Waals surface area contributed by atoms with Gasteiger partial charge in [-0.15, -0.1) is 0 Å². The summed E-state index contributed by atoms with van der Waals surface area (Å²) in [5, 5.41) is 19.3. The summed E-state index contributed by atoms with van der Waals surface area (Å²) >= 11 is 0. The average molecular weight is 480 g/mol. The predicted molar refractivity (Wildman–Crippen MR) is 121 cm³/mol. The number of nitrogens with one attached hydrogen (secondary N) is 1. The number of hydrogen-bond donors (Lipinski definition) is 3. The predicted octanol–water partition coefficient (Wildman–Crippen LogP) is 0.855. The highest BCUT2D eigenvalue weighted by molar-refractivity contribution is 5.85. The number of carbonyl (C=O) groups excluding carboxylic acids is 2. The van der Waals surface area contributed by atoms with Gasteiger partial charge in [0.15, 0.2) is 0 Å². The van der Waals surface area contributed by atoms with Crippen molar-refractivity contribution in [1.29, 1.82) is 0 Å². The number of hydrogen-bond acceptors (Lipinski definition) is 6. The number of aliphatic hydroxyl groups is 1. The molecule has 9 nitrogen and oxygen atoms in total. The molecular weight excluding hydrogens is 445 g/mol. The van der Waals surface area contributed by atoms with Gasteiger partial charge in [0.1, 0.15) is 12.4 Å². The smallest absolute Gasteiger partial charge is 0.290 e. The van der Waals surface area contributed by atoms with E-state index in [9.17, 15) is 19.1 Å². The van der Waals surface area contributed by atoms with Crippen molar-refractivity contribution in [2.75, 3.05) is 46.0 Å². The zero-order valence-electron chi connectivity index (χ0n) is 19.3. The van der Waals surface area contributed by atoms with Crippen LogP contribution in [-0.4, -0.2) is 90.3 Å². The molecule has 2 heterocycles. The van der Waals surface area contributed by atoms with Crippen molar-refractivity contribution in [3.05, 3.63) is 35.6 Å². The molecule has 3 atom stereocenters. The van der Waals surface area contributed by atoms with Gasteiger partial charge in [0, 0.05) is 38.8 Å². The van der Waals surface area contributed by atoms with Gasteiger partial charge in [0.25, 0.3) is 6.47 Å². The van der Waals surface area contributed by atoms with Gasteiger partial charge in [0.05, 0.1) is 18.6 Å². The second kappa shape index (κ2) is 12.2. The summed E-state index contributed by atoms with van der Waals surface area (Å²) in [6, 6.07) is 6.55. The van der Waals surface area contributed by atoms with Gasteiger partial charge in [-0.25, -0.2) is 4.39 Å². The van der Waals surface area contributed by atoms with Gasteiger partial charge in [-0.3, -0.25) is 19.3 Å². The molecule has 2 amide bonds. The van der Waals surface area contributed by atoms with E-state index in [4.69, 9.17) is 14.6 Å². The van der Waals surface area contributed by atoms with E-state index in [-0.39, 0.29) is 30.0 Å². The van der Waals surface area contributed by atoms with Crippen LogP contribution in [0.3, 0.4) is 0 Å². The van der Waals surface area contributed by atoms with Crippen LogP contribution in [-0.2, 0) is 25.7 Å². The number of benzene rings is 1. The Kier molecular flexibility index (Phi) is 9.37. The SMILES string of the molecule is O=C(CO)N1CC[C@@H]2C[C@@H](N3CCOCC3)CC[C@@]2(C(=O)NCc2ccc(F)cc2)C1.O=CO. The molecule has 3 N–H and O–H groups in total. The minimum atomic E-state index is -0.647. The highest BCUT2D eigenvalue weighted by Gasteiger charge is 2.53. The van der Waals surface area contributed by atoms with E-state index in [1.165, 1.54) is 12.1 Å². The number of piperidine rings is 1. The maximum absolute atomic E-state index is 13.5. The summed E-state index contributed by atoms with van der Waals surface area (Å²) in [5.74, 6) is -0.484. The maximum Gasteiger partial charge on any atom is 0.290 e. The summed E-state index contributed by atoms with van der Waals surface area (Å²) in [5.41, 5.74) is 0.190. The Morgan fingerprint density at radius 1 is 1.18 bits per heavy atom. The molecule has 2 aliphatic heterocycles. The van der Waals surface area contributed by atoms with E-state index in [0.29, 0.717) is 32.1 Å². The topological polar surface area (TPSA) is 119 Å². The lowest BCUT2D eigenvalue weighted by atomic mass is 9.60. The second-order valence-corrected chi connectivity index (χ2v) is 9.11. The highest BCUT2D eigenvalue weighted by atomic mass is 19.1. The van der Waals surface area contributed by atoms with Crippen LogP contribution in [0.5, 0.6) is 0 Å². The van der Waals surface area contributed by atoms with Crippen LogP contribution < -0.4 is 5.32 Å². The Bertz CT molecular complexity index is 833. The Morgan fingerprint density at radius 2 is 1.85 bits per heavy atom. The minimum Gasteiger partial charge on any atom is -0.483 e. The van der Waals surface area contributed by atoms with E-state index in [0.717, 1.165) is 51.1 Å². The molecule has 4 rings (SSSR count). The lowest BCUT2D eigenvalue weighted by Gasteiger charge is -2.53. The Hall–Kier alpha value is -2.56. The maximum atomic E-state index is 13.5. The van der Waals surface area contributed by atoms with E-state index in [1.807, 2.05) is 0 Å². The number of fused-ring (bicyclic) bond motifs is 1.